The Morgan fingerprint density at radius 2 is 2.44 bits per heavy atom. The Morgan fingerprint density at radius 3 is 3.00 bits per heavy atom. The van der Waals surface area contributed by atoms with Gasteiger partial charge in [-0.1, -0.05) is 6.92 Å². The number of thioether (sulfide) groups is 1. The molecular formula is C12H18N2OS. The molecule has 2 atom stereocenters. The van der Waals surface area contributed by atoms with E-state index in [-0.39, 0.29) is 0 Å². The molecule has 1 saturated heterocycles. The normalized spacial score (nSPS) is 24.6. The molecule has 0 amide bonds. The van der Waals surface area contributed by atoms with E-state index in [1.807, 2.05) is 6.20 Å². The van der Waals surface area contributed by atoms with E-state index in [0.29, 0.717) is 12.1 Å². The lowest BCUT2D eigenvalue weighted by molar-refractivity contribution is 0.121. The molecular weight excluding hydrogens is 220 g/mol. The molecule has 0 aromatic carbocycles. The fraction of sp³-hybridized carbons (Fsp3) is 0.583. The lowest BCUT2D eigenvalue weighted by Gasteiger charge is -2.17. The molecule has 1 fully saturated rings. The van der Waals surface area contributed by atoms with Crippen molar-refractivity contribution in [1.29, 1.82) is 0 Å². The molecule has 0 spiro atoms. The first kappa shape index (κ1) is 11.7. The molecule has 2 unspecified atom stereocenters. The maximum atomic E-state index is 5.51. The van der Waals surface area contributed by atoms with E-state index in [2.05, 4.69) is 36.3 Å². The minimum Gasteiger partial charge on any atom is -0.378 e. The quantitative estimate of drug-likeness (QED) is 0.818. The SMILES string of the molecule is CCSc1ccc(NC2CCOC2C)cn1. The summed E-state index contributed by atoms with van der Waals surface area (Å²) in [6.45, 7) is 5.10. The molecule has 1 N–H and O–H groups in total. The zero-order valence-electron chi connectivity index (χ0n) is 9.77. The molecule has 3 nitrogen and oxygen atoms in total. The molecule has 88 valence electrons. The van der Waals surface area contributed by atoms with Gasteiger partial charge in [0.15, 0.2) is 0 Å². The lowest BCUT2D eigenvalue weighted by atomic mass is 10.1. The Morgan fingerprint density at radius 1 is 1.56 bits per heavy atom. The summed E-state index contributed by atoms with van der Waals surface area (Å²) in [5, 5.41) is 4.55. The van der Waals surface area contributed by atoms with Crippen LogP contribution in [0.2, 0.25) is 0 Å². The molecule has 16 heavy (non-hydrogen) atoms. The van der Waals surface area contributed by atoms with Gasteiger partial charge in [0.1, 0.15) is 0 Å². The summed E-state index contributed by atoms with van der Waals surface area (Å²) in [4.78, 5) is 4.40. The average Bonchev–Trinajstić information content (AvgIpc) is 2.68. The molecule has 2 rings (SSSR count). The van der Waals surface area contributed by atoms with Gasteiger partial charge >= 0.3 is 0 Å². The minimum atomic E-state index is 0.296. The van der Waals surface area contributed by atoms with Crippen molar-refractivity contribution in [2.45, 2.75) is 37.4 Å². The number of hydrogen-bond acceptors (Lipinski definition) is 4. The van der Waals surface area contributed by atoms with Gasteiger partial charge < -0.3 is 10.1 Å². The number of ether oxygens (including phenoxy) is 1. The second kappa shape index (κ2) is 5.55. The number of nitrogens with one attached hydrogen (secondary N) is 1. The van der Waals surface area contributed by atoms with Gasteiger partial charge in [0, 0.05) is 6.61 Å². The van der Waals surface area contributed by atoms with Gasteiger partial charge in [0.2, 0.25) is 0 Å². The zero-order chi connectivity index (χ0) is 11.4. The second-order valence-electron chi connectivity index (χ2n) is 3.93. The van der Waals surface area contributed by atoms with Gasteiger partial charge in [0.05, 0.1) is 29.1 Å². The van der Waals surface area contributed by atoms with Gasteiger partial charge in [-0.05, 0) is 31.2 Å². The Hall–Kier alpha value is -0.740. The van der Waals surface area contributed by atoms with Crippen molar-refractivity contribution < 1.29 is 4.74 Å². The Bertz CT molecular complexity index is 328. The van der Waals surface area contributed by atoms with Crippen molar-refractivity contribution in [1.82, 2.24) is 4.98 Å². The van der Waals surface area contributed by atoms with Crippen LogP contribution in [0, 0.1) is 0 Å². The largest absolute Gasteiger partial charge is 0.378 e. The van der Waals surface area contributed by atoms with Gasteiger partial charge in [-0.2, -0.15) is 0 Å². The van der Waals surface area contributed by atoms with Crippen molar-refractivity contribution in [3.63, 3.8) is 0 Å². The molecule has 0 radical (unpaired) electrons. The summed E-state index contributed by atoms with van der Waals surface area (Å²) in [5.41, 5.74) is 1.09. The van der Waals surface area contributed by atoms with E-state index in [1.54, 1.807) is 11.8 Å². The van der Waals surface area contributed by atoms with Crippen LogP contribution < -0.4 is 5.32 Å². The van der Waals surface area contributed by atoms with E-state index in [1.165, 1.54) is 0 Å². The third-order valence-corrected chi connectivity index (χ3v) is 3.58. The molecule has 0 bridgehead atoms. The highest BCUT2D eigenvalue weighted by Gasteiger charge is 2.23. The smallest absolute Gasteiger partial charge is 0.0961 e. The first-order valence-electron chi connectivity index (χ1n) is 5.76. The van der Waals surface area contributed by atoms with Crippen LogP contribution in [0.5, 0.6) is 0 Å². The molecule has 0 aliphatic carbocycles. The Labute approximate surface area is 101 Å². The van der Waals surface area contributed by atoms with Crippen LogP contribution in [0.4, 0.5) is 5.69 Å². The van der Waals surface area contributed by atoms with Gasteiger partial charge in [-0.3, -0.25) is 0 Å². The molecule has 1 aromatic rings. The number of hydrogen-bond donors (Lipinski definition) is 1. The molecule has 1 aliphatic rings. The van der Waals surface area contributed by atoms with Crippen LogP contribution in [0.25, 0.3) is 0 Å². The summed E-state index contributed by atoms with van der Waals surface area (Å²) in [7, 11) is 0. The van der Waals surface area contributed by atoms with E-state index in [0.717, 1.165) is 29.5 Å². The number of pyridine rings is 1. The minimum absolute atomic E-state index is 0.296. The first-order chi connectivity index (χ1) is 7.79. The van der Waals surface area contributed by atoms with Gasteiger partial charge in [0.25, 0.3) is 0 Å². The van der Waals surface area contributed by atoms with Crippen LogP contribution in [-0.4, -0.2) is 29.5 Å². The standard InChI is InChI=1S/C12H18N2OS/c1-3-16-12-5-4-10(8-13-12)14-11-6-7-15-9(11)2/h4-5,8-9,11,14H,3,6-7H2,1-2H3. The highest BCUT2D eigenvalue weighted by Crippen LogP contribution is 2.20. The third-order valence-electron chi connectivity index (χ3n) is 2.76. The third kappa shape index (κ3) is 2.89. The van der Waals surface area contributed by atoms with Crippen LogP contribution in [0.1, 0.15) is 20.3 Å². The summed E-state index contributed by atoms with van der Waals surface area (Å²) < 4.78 is 5.51. The van der Waals surface area contributed by atoms with Crippen LogP contribution >= 0.6 is 11.8 Å². The topological polar surface area (TPSA) is 34.1 Å². The van der Waals surface area contributed by atoms with Crippen LogP contribution in [0.15, 0.2) is 23.4 Å². The number of rotatable bonds is 4. The lowest BCUT2D eigenvalue weighted by Crippen LogP contribution is -2.26. The van der Waals surface area contributed by atoms with Crippen molar-refractivity contribution in [2.75, 3.05) is 17.7 Å². The summed E-state index contributed by atoms with van der Waals surface area (Å²) in [6.07, 6.45) is 3.28. The maximum absolute atomic E-state index is 5.51. The zero-order valence-corrected chi connectivity index (χ0v) is 10.6. The predicted octanol–water partition coefficient (Wildman–Crippen LogP) is 2.78. The summed E-state index contributed by atoms with van der Waals surface area (Å²) in [5.74, 6) is 1.06. The molecule has 1 aliphatic heterocycles. The second-order valence-corrected chi connectivity index (χ2v) is 5.22. The Kier molecular flexibility index (Phi) is 4.07. The first-order valence-corrected chi connectivity index (χ1v) is 6.75. The van der Waals surface area contributed by atoms with Gasteiger partial charge in [-0.25, -0.2) is 4.98 Å². The van der Waals surface area contributed by atoms with E-state index in [4.69, 9.17) is 4.74 Å². The van der Waals surface area contributed by atoms with Crippen LogP contribution in [-0.2, 0) is 4.74 Å². The Balaban J connectivity index is 1.94. The van der Waals surface area contributed by atoms with Crippen molar-refractivity contribution >= 4 is 17.4 Å². The summed E-state index contributed by atoms with van der Waals surface area (Å²) in [6, 6.07) is 4.58. The average molecular weight is 238 g/mol. The fourth-order valence-corrected chi connectivity index (χ4v) is 2.42. The number of anilines is 1. The summed E-state index contributed by atoms with van der Waals surface area (Å²) >= 11 is 1.76. The van der Waals surface area contributed by atoms with E-state index in [9.17, 15) is 0 Å². The monoisotopic (exact) mass is 238 g/mol. The maximum Gasteiger partial charge on any atom is 0.0961 e. The van der Waals surface area contributed by atoms with Crippen molar-refractivity contribution in [3.8, 4) is 0 Å². The van der Waals surface area contributed by atoms with Crippen LogP contribution in [0.3, 0.4) is 0 Å². The molecule has 4 heteroatoms. The highest BCUT2D eigenvalue weighted by molar-refractivity contribution is 7.99. The molecule has 0 saturated carbocycles. The van der Waals surface area contributed by atoms with Gasteiger partial charge in [-0.15, -0.1) is 11.8 Å². The van der Waals surface area contributed by atoms with E-state index < -0.39 is 0 Å². The van der Waals surface area contributed by atoms with E-state index >= 15 is 0 Å². The highest BCUT2D eigenvalue weighted by atomic mass is 32.2. The number of nitrogens with zero attached hydrogens (tertiary/aromatic N) is 1. The number of aromatic nitrogens is 1. The fourth-order valence-electron chi connectivity index (χ4n) is 1.83. The molecule has 1 aromatic heterocycles. The molecule has 2 heterocycles. The van der Waals surface area contributed by atoms with Crippen molar-refractivity contribution in [3.05, 3.63) is 18.3 Å². The predicted molar refractivity (Wildman–Crippen MR) is 68.1 cm³/mol. The van der Waals surface area contributed by atoms with Crippen molar-refractivity contribution in [2.24, 2.45) is 0 Å².